The Balaban J connectivity index is 3.15. The molecule has 0 saturated heterocycles. The number of halogens is 2. The molecule has 0 unspecified atom stereocenters. The summed E-state index contributed by atoms with van der Waals surface area (Å²) in [6, 6.07) is 6.76. The van der Waals surface area contributed by atoms with Gasteiger partial charge in [-0.2, -0.15) is 5.26 Å². The van der Waals surface area contributed by atoms with Gasteiger partial charge in [-0.3, -0.25) is 4.79 Å². The molecule has 82 valence electrons. The molecule has 0 fully saturated rings. The third-order valence-corrected chi connectivity index (χ3v) is 2.57. The van der Waals surface area contributed by atoms with Crippen LogP contribution in [0.4, 0.5) is 0 Å². The SMILES string of the molecule is CCC(=O)/C(C#N)=C/c1ccc(Cl)cc1Cl. The van der Waals surface area contributed by atoms with Gasteiger partial charge in [-0.05, 0) is 23.8 Å². The zero-order valence-electron chi connectivity index (χ0n) is 8.63. The molecule has 0 radical (unpaired) electrons. The Morgan fingerprint density at radius 3 is 2.69 bits per heavy atom. The molecule has 0 aliphatic carbocycles. The summed E-state index contributed by atoms with van der Waals surface area (Å²) in [5.41, 5.74) is 0.719. The number of carbonyl (C=O) groups excluding carboxylic acids is 1. The van der Waals surface area contributed by atoms with Crippen LogP contribution in [0, 0.1) is 11.3 Å². The third kappa shape index (κ3) is 3.10. The molecular formula is C12H9Cl2NO. The first-order chi connectivity index (χ1) is 7.58. The van der Waals surface area contributed by atoms with Gasteiger partial charge in [0, 0.05) is 16.5 Å². The summed E-state index contributed by atoms with van der Waals surface area (Å²) in [6.45, 7) is 1.71. The van der Waals surface area contributed by atoms with Gasteiger partial charge in [0.05, 0.1) is 5.57 Å². The highest BCUT2D eigenvalue weighted by molar-refractivity contribution is 6.35. The van der Waals surface area contributed by atoms with Crippen LogP contribution >= 0.6 is 23.2 Å². The average Bonchev–Trinajstić information content (AvgIpc) is 2.27. The Hall–Kier alpha value is -1.30. The Morgan fingerprint density at radius 2 is 2.19 bits per heavy atom. The van der Waals surface area contributed by atoms with Crippen LogP contribution in [-0.4, -0.2) is 5.78 Å². The van der Waals surface area contributed by atoms with E-state index in [4.69, 9.17) is 28.5 Å². The van der Waals surface area contributed by atoms with Gasteiger partial charge in [-0.15, -0.1) is 0 Å². The van der Waals surface area contributed by atoms with Crippen LogP contribution in [0.1, 0.15) is 18.9 Å². The van der Waals surface area contributed by atoms with Crippen molar-refractivity contribution in [2.24, 2.45) is 0 Å². The number of hydrogen-bond acceptors (Lipinski definition) is 2. The van der Waals surface area contributed by atoms with Crippen molar-refractivity contribution in [3.8, 4) is 6.07 Å². The van der Waals surface area contributed by atoms with Crippen molar-refractivity contribution in [3.63, 3.8) is 0 Å². The van der Waals surface area contributed by atoms with Gasteiger partial charge < -0.3 is 0 Å². The second-order valence-electron chi connectivity index (χ2n) is 3.11. The fourth-order valence-corrected chi connectivity index (χ4v) is 1.60. The number of rotatable bonds is 3. The number of nitriles is 1. The van der Waals surface area contributed by atoms with Crippen LogP contribution in [0.3, 0.4) is 0 Å². The fraction of sp³-hybridized carbons (Fsp3) is 0.167. The van der Waals surface area contributed by atoms with Crippen LogP contribution in [0.15, 0.2) is 23.8 Å². The topological polar surface area (TPSA) is 40.9 Å². The molecule has 0 heterocycles. The molecule has 0 atom stereocenters. The molecule has 1 aromatic carbocycles. The van der Waals surface area contributed by atoms with E-state index in [2.05, 4.69) is 0 Å². The molecule has 0 N–H and O–H groups in total. The highest BCUT2D eigenvalue weighted by Gasteiger charge is 2.07. The molecule has 4 heteroatoms. The minimum Gasteiger partial charge on any atom is -0.293 e. The zero-order chi connectivity index (χ0) is 12.1. The molecular weight excluding hydrogens is 245 g/mol. The van der Waals surface area contributed by atoms with E-state index in [1.54, 1.807) is 25.1 Å². The normalized spacial score (nSPS) is 11.0. The highest BCUT2D eigenvalue weighted by Crippen LogP contribution is 2.23. The third-order valence-electron chi connectivity index (χ3n) is 2.00. The quantitative estimate of drug-likeness (QED) is 0.606. The van der Waals surface area contributed by atoms with Gasteiger partial charge in [0.2, 0.25) is 0 Å². The van der Waals surface area contributed by atoms with E-state index in [-0.39, 0.29) is 11.4 Å². The van der Waals surface area contributed by atoms with Gasteiger partial charge >= 0.3 is 0 Å². The van der Waals surface area contributed by atoms with Crippen LogP contribution in [-0.2, 0) is 4.79 Å². The van der Waals surface area contributed by atoms with Crippen molar-refractivity contribution in [1.82, 2.24) is 0 Å². The predicted octanol–water partition coefficient (Wildman–Crippen LogP) is 3.88. The number of ketones is 1. The Morgan fingerprint density at radius 1 is 1.50 bits per heavy atom. The fourth-order valence-electron chi connectivity index (χ4n) is 1.14. The maximum absolute atomic E-state index is 11.4. The van der Waals surface area contributed by atoms with E-state index in [0.717, 1.165) is 0 Å². The van der Waals surface area contributed by atoms with E-state index in [1.807, 2.05) is 6.07 Å². The maximum Gasteiger partial charge on any atom is 0.173 e. The molecule has 0 spiro atoms. The second-order valence-corrected chi connectivity index (χ2v) is 3.96. The smallest absolute Gasteiger partial charge is 0.173 e. The molecule has 0 aromatic heterocycles. The minimum atomic E-state index is -0.200. The number of carbonyl (C=O) groups is 1. The van der Waals surface area contributed by atoms with E-state index in [9.17, 15) is 4.79 Å². The van der Waals surface area contributed by atoms with E-state index in [1.165, 1.54) is 6.08 Å². The first kappa shape index (κ1) is 12.8. The van der Waals surface area contributed by atoms with E-state index >= 15 is 0 Å². The largest absolute Gasteiger partial charge is 0.293 e. The lowest BCUT2D eigenvalue weighted by Crippen LogP contribution is -1.97. The molecule has 0 aliphatic heterocycles. The molecule has 0 saturated carbocycles. The number of nitrogens with zero attached hydrogens (tertiary/aromatic N) is 1. The molecule has 0 bridgehead atoms. The van der Waals surface area contributed by atoms with Crippen molar-refractivity contribution >= 4 is 35.1 Å². The summed E-state index contributed by atoms with van der Waals surface area (Å²) in [7, 11) is 0. The van der Waals surface area contributed by atoms with Gasteiger partial charge in [0.25, 0.3) is 0 Å². The maximum atomic E-state index is 11.4. The van der Waals surface area contributed by atoms with E-state index < -0.39 is 0 Å². The van der Waals surface area contributed by atoms with Crippen molar-refractivity contribution in [2.45, 2.75) is 13.3 Å². The Kier molecular flexibility index (Phi) is 4.54. The standard InChI is InChI=1S/C12H9Cl2NO/c1-2-12(16)9(7-15)5-8-3-4-10(13)6-11(8)14/h3-6H,2H2,1H3/b9-5+. The van der Waals surface area contributed by atoms with E-state index in [0.29, 0.717) is 22.0 Å². The summed E-state index contributed by atoms with van der Waals surface area (Å²) in [5, 5.41) is 9.76. The van der Waals surface area contributed by atoms with Gasteiger partial charge in [0.1, 0.15) is 6.07 Å². The second kappa shape index (κ2) is 5.69. The minimum absolute atomic E-state index is 0.103. The average molecular weight is 254 g/mol. The summed E-state index contributed by atoms with van der Waals surface area (Å²) in [6.07, 6.45) is 1.77. The van der Waals surface area contributed by atoms with Crippen molar-refractivity contribution in [2.75, 3.05) is 0 Å². The highest BCUT2D eigenvalue weighted by atomic mass is 35.5. The Bertz CT molecular complexity index is 486. The van der Waals surface area contributed by atoms with Crippen molar-refractivity contribution in [3.05, 3.63) is 39.4 Å². The Labute approximate surface area is 104 Å². The lowest BCUT2D eigenvalue weighted by atomic mass is 10.1. The molecule has 1 rings (SSSR count). The van der Waals surface area contributed by atoms with Crippen molar-refractivity contribution in [1.29, 1.82) is 5.26 Å². The zero-order valence-corrected chi connectivity index (χ0v) is 10.1. The van der Waals surface area contributed by atoms with Crippen LogP contribution in [0.25, 0.3) is 6.08 Å². The predicted molar refractivity (Wildman–Crippen MR) is 65.4 cm³/mol. The number of Topliss-reactive ketones (excluding diaryl/α,β-unsaturated/α-hetero) is 1. The van der Waals surface area contributed by atoms with Gasteiger partial charge in [-0.25, -0.2) is 0 Å². The summed E-state index contributed by atoms with van der Waals surface area (Å²) >= 11 is 11.7. The summed E-state index contributed by atoms with van der Waals surface area (Å²) in [5.74, 6) is -0.200. The van der Waals surface area contributed by atoms with Crippen molar-refractivity contribution < 1.29 is 4.79 Å². The summed E-state index contributed by atoms with van der Waals surface area (Å²) < 4.78 is 0. The first-order valence-electron chi connectivity index (χ1n) is 4.68. The van der Waals surface area contributed by atoms with Gasteiger partial charge in [-0.1, -0.05) is 36.2 Å². The first-order valence-corrected chi connectivity index (χ1v) is 5.44. The van der Waals surface area contributed by atoms with Crippen LogP contribution in [0.2, 0.25) is 10.0 Å². The molecule has 16 heavy (non-hydrogen) atoms. The monoisotopic (exact) mass is 253 g/mol. The number of hydrogen-bond donors (Lipinski definition) is 0. The number of benzene rings is 1. The molecule has 1 aromatic rings. The lowest BCUT2D eigenvalue weighted by Gasteiger charge is -2.00. The molecule has 2 nitrogen and oxygen atoms in total. The molecule has 0 amide bonds. The number of allylic oxidation sites excluding steroid dienone is 1. The summed E-state index contributed by atoms with van der Waals surface area (Å²) in [4.78, 5) is 11.4. The van der Waals surface area contributed by atoms with Crippen LogP contribution < -0.4 is 0 Å². The van der Waals surface area contributed by atoms with Crippen LogP contribution in [0.5, 0.6) is 0 Å². The lowest BCUT2D eigenvalue weighted by molar-refractivity contribution is -0.114. The molecule has 0 aliphatic rings. The van der Waals surface area contributed by atoms with Gasteiger partial charge in [0.15, 0.2) is 5.78 Å².